The Kier molecular flexibility index (Phi) is 5.22. The molecule has 2 rings (SSSR count). The van der Waals surface area contributed by atoms with Crippen molar-refractivity contribution in [1.29, 1.82) is 0 Å². The van der Waals surface area contributed by atoms with E-state index >= 15 is 0 Å². The van der Waals surface area contributed by atoms with Gasteiger partial charge in [-0.3, -0.25) is 19.7 Å². The number of hydrazine groups is 1. The van der Waals surface area contributed by atoms with Crippen molar-refractivity contribution in [2.24, 2.45) is 0 Å². The molecule has 1 aromatic rings. The summed E-state index contributed by atoms with van der Waals surface area (Å²) in [4.78, 5) is 25.1. The molecule has 0 spiro atoms. The third kappa shape index (κ3) is 3.90. The van der Waals surface area contributed by atoms with Gasteiger partial charge in [0.25, 0.3) is 5.91 Å². The summed E-state index contributed by atoms with van der Waals surface area (Å²) in [5.41, 5.74) is -0.166. The topological polar surface area (TPSA) is 64.1 Å². The second-order valence-electron chi connectivity index (χ2n) is 6.63. The first-order chi connectivity index (χ1) is 11.1. The highest BCUT2D eigenvalue weighted by atomic mass is 35.5. The number of anilines is 1. The summed E-state index contributed by atoms with van der Waals surface area (Å²) in [6.45, 7) is 5.95. The molecule has 1 aromatic carbocycles. The van der Waals surface area contributed by atoms with Crippen LogP contribution in [0.3, 0.4) is 0 Å². The van der Waals surface area contributed by atoms with Gasteiger partial charge in [-0.25, -0.2) is 9.18 Å². The van der Waals surface area contributed by atoms with E-state index in [-0.39, 0.29) is 17.5 Å². The number of carbonyl (C=O) groups is 2. The molecule has 6 nitrogen and oxygen atoms in total. The minimum atomic E-state index is -1.15. The van der Waals surface area contributed by atoms with Crippen LogP contribution >= 0.6 is 11.6 Å². The Morgan fingerprint density at radius 3 is 2.54 bits per heavy atom. The number of nitrogens with zero attached hydrogens (tertiary/aromatic N) is 3. The molecule has 0 atom stereocenters. The Balaban J connectivity index is 2.20. The zero-order valence-electron chi connectivity index (χ0n) is 13.9. The van der Waals surface area contributed by atoms with Crippen LogP contribution in [-0.2, 0) is 4.79 Å². The first kappa shape index (κ1) is 18.3. The number of carboxylic acid groups (broad SMARTS) is 1. The molecule has 1 fully saturated rings. The molecule has 1 aliphatic rings. The molecule has 1 heterocycles. The number of hydrogen-bond acceptors (Lipinski definition) is 3. The maximum absolute atomic E-state index is 13.2. The van der Waals surface area contributed by atoms with Crippen molar-refractivity contribution in [3.05, 3.63) is 29.0 Å². The van der Waals surface area contributed by atoms with Gasteiger partial charge in [-0.05, 0) is 45.4 Å². The van der Waals surface area contributed by atoms with Crippen LogP contribution in [0.2, 0.25) is 5.02 Å². The van der Waals surface area contributed by atoms with Crippen molar-refractivity contribution in [3.63, 3.8) is 0 Å². The number of amides is 2. The molecule has 1 aliphatic heterocycles. The average molecular weight is 358 g/mol. The van der Waals surface area contributed by atoms with Crippen molar-refractivity contribution in [1.82, 2.24) is 9.91 Å². The Bertz CT molecular complexity index is 648. The van der Waals surface area contributed by atoms with Crippen molar-refractivity contribution in [3.8, 4) is 0 Å². The molecule has 0 bridgehead atoms. The molecule has 132 valence electrons. The molecule has 2 amide bonds. The number of rotatable bonds is 3. The molecular weight excluding hydrogens is 337 g/mol. The molecule has 0 radical (unpaired) electrons. The Morgan fingerprint density at radius 2 is 2.00 bits per heavy atom. The van der Waals surface area contributed by atoms with Gasteiger partial charge in [0, 0.05) is 18.6 Å². The van der Waals surface area contributed by atoms with E-state index < -0.39 is 17.4 Å². The lowest BCUT2D eigenvalue weighted by Crippen LogP contribution is -2.52. The summed E-state index contributed by atoms with van der Waals surface area (Å²) in [5.74, 6) is -0.796. The molecule has 1 saturated heterocycles. The van der Waals surface area contributed by atoms with Crippen LogP contribution in [-0.4, -0.2) is 52.2 Å². The monoisotopic (exact) mass is 357 g/mol. The maximum atomic E-state index is 13.2. The molecule has 24 heavy (non-hydrogen) atoms. The number of halogens is 2. The normalized spacial score (nSPS) is 14.9. The second-order valence-corrected chi connectivity index (χ2v) is 7.04. The Labute approximate surface area is 145 Å². The number of carbonyl (C=O) groups excluding carboxylic acids is 1. The molecule has 0 unspecified atom stereocenters. The van der Waals surface area contributed by atoms with E-state index in [4.69, 9.17) is 11.6 Å². The third-order valence-corrected chi connectivity index (χ3v) is 4.14. The van der Waals surface area contributed by atoms with Crippen molar-refractivity contribution in [2.75, 3.05) is 24.6 Å². The van der Waals surface area contributed by atoms with Gasteiger partial charge >= 0.3 is 6.09 Å². The number of hydrogen-bond donors (Lipinski definition) is 1. The molecule has 0 aromatic heterocycles. The minimum Gasteiger partial charge on any atom is -0.465 e. The lowest BCUT2D eigenvalue weighted by Gasteiger charge is -2.36. The molecule has 1 N–H and O–H groups in total. The van der Waals surface area contributed by atoms with E-state index in [0.717, 1.165) is 11.3 Å². The fourth-order valence-electron chi connectivity index (χ4n) is 2.62. The molecule has 0 aliphatic carbocycles. The lowest BCUT2D eigenvalue weighted by molar-refractivity contribution is -0.132. The van der Waals surface area contributed by atoms with Crippen LogP contribution in [0.1, 0.15) is 27.2 Å². The van der Waals surface area contributed by atoms with E-state index in [1.54, 1.807) is 25.8 Å². The van der Waals surface area contributed by atoms with Crippen molar-refractivity contribution >= 4 is 29.3 Å². The zero-order valence-corrected chi connectivity index (χ0v) is 14.7. The van der Waals surface area contributed by atoms with Crippen LogP contribution in [0, 0.1) is 5.82 Å². The predicted molar refractivity (Wildman–Crippen MR) is 89.6 cm³/mol. The first-order valence-corrected chi connectivity index (χ1v) is 8.02. The van der Waals surface area contributed by atoms with E-state index in [1.165, 1.54) is 23.2 Å². The third-order valence-electron chi connectivity index (χ3n) is 3.84. The summed E-state index contributed by atoms with van der Waals surface area (Å²) in [7, 11) is 0. The van der Waals surface area contributed by atoms with Gasteiger partial charge in [-0.15, -0.1) is 0 Å². The predicted octanol–water partition coefficient (Wildman–Crippen LogP) is 3.21. The highest BCUT2D eigenvalue weighted by Gasteiger charge is 2.34. The van der Waals surface area contributed by atoms with E-state index in [2.05, 4.69) is 0 Å². The summed E-state index contributed by atoms with van der Waals surface area (Å²) < 4.78 is 13.2. The van der Waals surface area contributed by atoms with E-state index in [1.807, 2.05) is 0 Å². The number of benzene rings is 1. The van der Waals surface area contributed by atoms with Gasteiger partial charge in [0.2, 0.25) is 0 Å². The molecule has 8 heteroatoms. The maximum Gasteiger partial charge on any atom is 0.408 e. The SMILES string of the molecule is CC(C)(C)N(CC(=O)N1CCCN1c1ccc(F)cc1Cl)C(=O)O. The minimum absolute atomic E-state index is 0.209. The summed E-state index contributed by atoms with van der Waals surface area (Å²) in [6.07, 6.45) is -0.427. The highest BCUT2D eigenvalue weighted by molar-refractivity contribution is 6.33. The van der Waals surface area contributed by atoms with E-state index in [9.17, 15) is 19.1 Å². The first-order valence-electron chi connectivity index (χ1n) is 7.64. The van der Waals surface area contributed by atoms with Crippen molar-refractivity contribution in [2.45, 2.75) is 32.7 Å². The van der Waals surface area contributed by atoms with Gasteiger partial charge in [0.1, 0.15) is 12.4 Å². The Morgan fingerprint density at radius 1 is 1.33 bits per heavy atom. The standard InChI is InChI=1S/C16H21ClFN3O3/c1-16(2,3)19(15(23)24)10-14(22)21-8-4-7-20(21)13-6-5-11(18)9-12(13)17/h5-6,9H,4,7-8,10H2,1-3H3,(H,23,24). The smallest absolute Gasteiger partial charge is 0.408 e. The van der Waals surface area contributed by atoms with Gasteiger partial charge < -0.3 is 5.11 Å². The van der Waals surface area contributed by atoms with Gasteiger partial charge in [-0.1, -0.05) is 11.6 Å². The van der Waals surface area contributed by atoms with Gasteiger partial charge in [0.15, 0.2) is 0 Å². The summed E-state index contributed by atoms with van der Waals surface area (Å²) in [6, 6.07) is 3.99. The summed E-state index contributed by atoms with van der Waals surface area (Å²) in [5, 5.41) is 12.7. The van der Waals surface area contributed by atoms with Gasteiger partial charge in [-0.2, -0.15) is 0 Å². The second kappa shape index (κ2) is 6.84. The molecule has 0 saturated carbocycles. The lowest BCUT2D eigenvalue weighted by atomic mass is 10.1. The largest absolute Gasteiger partial charge is 0.465 e. The fraction of sp³-hybridized carbons (Fsp3) is 0.500. The fourth-order valence-corrected chi connectivity index (χ4v) is 2.89. The summed E-state index contributed by atoms with van der Waals surface area (Å²) >= 11 is 6.08. The zero-order chi connectivity index (χ0) is 18.1. The Hall–Kier alpha value is -2.02. The van der Waals surface area contributed by atoms with Crippen LogP contribution in [0.15, 0.2) is 18.2 Å². The van der Waals surface area contributed by atoms with Crippen LogP contribution in [0.4, 0.5) is 14.9 Å². The van der Waals surface area contributed by atoms with Crippen molar-refractivity contribution < 1.29 is 19.1 Å². The average Bonchev–Trinajstić information content (AvgIpc) is 2.92. The van der Waals surface area contributed by atoms with E-state index in [0.29, 0.717) is 18.8 Å². The molecular formula is C16H21ClFN3O3. The van der Waals surface area contributed by atoms with Gasteiger partial charge in [0.05, 0.1) is 10.7 Å². The van der Waals surface area contributed by atoms with Crippen LogP contribution < -0.4 is 5.01 Å². The van der Waals surface area contributed by atoms with Crippen LogP contribution in [0.25, 0.3) is 0 Å². The van der Waals surface area contributed by atoms with Crippen LogP contribution in [0.5, 0.6) is 0 Å². The quantitative estimate of drug-likeness (QED) is 0.902. The highest BCUT2D eigenvalue weighted by Crippen LogP contribution is 2.30.